The first-order valence-electron chi connectivity index (χ1n) is 7.35. The van der Waals surface area contributed by atoms with Crippen LogP contribution in [0.25, 0.3) is 0 Å². The SMILES string of the molecule is CCc1cc(N2CC3CNCC3C2(C)C)nc(C)n1. The molecule has 2 aliphatic rings. The van der Waals surface area contributed by atoms with E-state index in [1.54, 1.807) is 0 Å². The largest absolute Gasteiger partial charge is 0.351 e. The summed E-state index contributed by atoms with van der Waals surface area (Å²) in [7, 11) is 0. The summed E-state index contributed by atoms with van der Waals surface area (Å²) < 4.78 is 0. The zero-order valence-electron chi connectivity index (χ0n) is 12.4. The number of fused-ring (bicyclic) bond motifs is 1. The van der Waals surface area contributed by atoms with Crippen molar-refractivity contribution < 1.29 is 0 Å². The highest BCUT2D eigenvalue weighted by Crippen LogP contribution is 2.42. The zero-order valence-corrected chi connectivity index (χ0v) is 12.4. The molecule has 0 amide bonds. The lowest BCUT2D eigenvalue weighted by molar-refractivity contribution is 0.356. The molecule has 1 aromatic rings. The molecule has 1 aromatic heterocycles. The van der Waals surface area contributed by atoms with E-state index in [1.165, 1.54) is 0 Å². The summed E-state index contributed by atoms with van der Waals surface area (Å²) in [6.45, 7) is 12.3. The standard InChI is InChI=1S/C15H24N4/c1-5-12-6-14(18-10(2)17-12)19-9-11-7-16-8-13(11)15(19,3)4/h6,11,13,16H,5,7-9H2,1-4H3. The third-order valence-corrected chi connectivity index (χ3v) is 4.88. The van der Waals surface area contributed by atoms with Crippen LogP contribution in [0, 0.1) is 18.8 Å². The summed E-state index contributed by atoms with van der Waals surface area (Å²) in [6, 6.07) is 2.17. The topological polar surface area (TPSA) is 41.0 Å². The molecule has 3 heterocycles. The number of aromatic nitrogens is 2. The Labute approximate surface area is 115 Å². The van der Waals surface area contributed by atoms with Crippen LogP contribution in [0.2, 0.25) is 0 Å². The van der Waals surface area contributed by atoms with Crippen molar-refractivity contribution in [1.29, 1.82) is 0 Å². The van der Waals surface area contributed by atoms with E-state index < -0.39 is 0 Å². The van der Waals surface area contributed by atoms with Gasteiger partial charge < -0.3 is 10.2 Å². The van der Waals surface area contributed by atoms with Gasteiger partial charge in [-0.25, -0.2) is 9.97 Å². The quantitative estimate of drug-likeness (QED) is 0.880. The summed E-state index contributed by atoms with van der Waals surface area (Å²) in [5, 5.41) is 3.53. The van der Waals surface area contributed by atoms with Crippen molar-refractivity contribution in [1.82, 2.24) is 15.3 Å². The molecule has 4 heteroatoms. The molecule has 2 saturated heterocycles. The Hall–Kier alpha value is -1.16. The normalized spacial score (nSPS) is 28.7. The molecule has 2 unspecified atom stereocenters. The lowest BCUT2D eigenvalue weighted by Crippen LogP contribution is -2.45. The van der Waals surface area contributed by atoms with Crippen molar-refractivity contribution in [2.75, 3.05) is 24.5 Å². The van der Waals surface area contributed by atoms with Gasteiger partial charge in [0.05, 0.1) is 0 Å². The minimum Gasteiger partial charge on any atom is -0.351 e. The van der Waals surface area contributed by atoms with Gasteiger partial charge in [-0.05, 0) is 39.0 Å². The molecular weight excluding hydrogens is 236 g/mol. The number of nitrogens with one attached hydrogen (secondary N) is 1. The summed E-state index contributed by atoms with van der Waals surface area (Å²) in [4.78, 5) is 11.7. The van der Waals surface area contributed by atoms with E-state index in [4.69, 9.17) is 0 Å². The van der Waals surface area contributed by atoms with Gasteiger partial charge in [0, 0.05) is 36.9 Å². The fraction of sp³-hybridized carbons (Fsp3) is 0.733. The van der Waals surface area contributed by atoms with Crippen molar-refractivity contribution >= 4 is 5.82 Å². The number of rotatable bonds is 2. The molecular formula is C15H24N4. The molecule has 2 atom stereocenters. The summed E-state index contributed by atoms with van der Waals surface area (Å²) >= 11 is 0. The Morgan fingerprint density at radius 1 is 1.37 bits per heavy atom. The van der Waals surface area contributed by atoms with Crippen molar-refractivity contribution in [3.8, 4) is 0 Å². The molecule has 0 radical (unpaired) electrons. The first-order valence-corrected chi connectivity index (χ1v) is 7.35. The number of anilines is 1. The molecule has 2 fully saturated rings. The van der Waals surface area contributed by atoms with Gasteiger partial charge in [0.2, 0.25) is 0 Å². The van der Waals surface area contributed by atoms with Crippen LogP contribution in [-0.4, -0.2) is 35.1 Å². The van der Waals surface area contributed by atoms with Gasteiger partial charge in [0.15, 0.2) is 0 Å². The number of hydrogen-bond acceptors (Lipinski definition) is 4. The van der Waals surface area contributed by atoms with Crippen LogP contribution in [0.1, 0.15) is 32.3 Å². The maximum Gasteiger partial charge on any atom is 0.132 e. The Morgan fingerprint density at radius 3 is 2.84 bits per heavy atom. The minimum absolute atomic E-state index is 0.181. The van der Waals surface area contributed by atoms with Crippen molar-refractivity contribution in [2.45, 2.75) is 39.7 Å². The van der Waals surface area contributed by atoms with Gasteiger partial charge in [-0.15, -0.1) is 0 Å². The van der Waals surface area contributed by atoms with Crippen LogP contribution in [-0.2, 0) is 6.42 Å². The van der Waals surface area contributed by atoms with Crippen LogP contribution in [0.3, 0.4) is 0 Å². The van der Waals surface area contributed by atoms with E-state index in [0.717, 1.165) is 55.2 Å². The van der Waals surface area contributed by atoms with Crippen molar-refractivity contribution in [3.05, 3.63) is 17.6 Å². The maximum absolute atomic E-state index is 4.68. The highest BCUT2D eigenvalue weighted by atomic mass is 15.3. The predicted molar refractivity (Wildman–Crippen MR) is 77.4 cm³/mol. The van der Waals surface area contributed by atoms with Gasteiger partial charge in [0.25, 0.3) is 0 Å². The second-order valence-electron chi connectivity index (χ2n) is 6.41. The van der Waals surface area contributed by atoms with Crippen LogP contribution in [0.15, 0.2) is 6.07 Å². The van der Waals surface area contributed by atoms with E-state index in [9.17, 15) is 0 Å². The lowest BCUT2D eigenvalue weighted by atomic mass is 9.85. The van der Waals surface area contributed by atoms with Gasteiger partial charge in [0.1, 0.15) is 11.6 Å². The second kappa shape index (κ2) is 4.44. The van der Waals surface area contributed by atoms with Crippen molar-refractivity contribution in [2.24, 2.45) is 11.8 Å². The Bertz CT molecular complexity index is 483. The molecule has 0 aromatic carbocycles. The summed E-state index contributed by atoms with van der Waals surface area (Å²) in [6.07, 6.45) is 0.971. The third kappa shape index (κ3) is 2.02. The summed E-state index contributed by atoms with van der Waals surface area (Å²) in [5.74, 6) is 3.49. The van der Waals surface area contributed by atoms with Gasteiger partial charge >= 0.3 is 0 Å². The van der Waals surface area contributed by atoms with Crippen LogP contribution in [0.5, 0.6) is 0 Å². The molecule has 4 nitrogen and oxygen atoms in total. The number of hydrogen-bond donors (Lipinski definition) is 1. The van der Waals surface area contributed by atoms with Gasteiger partial charge in [-0.3, -0.25) is 0 Å². The van der Waals surface area contributed by atoms with Crippen LogP contribution >= 0.6 is 0 Å². The van der Waals surface area contributed by atoms with Crippen LogP contribution in [0.4, 0.5) is 5.82 Å². The molecule has 3 rings (SSSR count). The number of nitrogens with zero attached hydrogens (tertiary/aromatic N) is 3. The highest BCUT2D eigenvalue weighted by molar-refractivity contribution is 5.46. The first kappa shape index (κ1) is 12.9. The van der Waals surface area contributed by atoms with E-state index in [-0.39, 0.29) is 5.54 Å². The highest BCUT2D eigenvalue weighted by Gasteiger charge is 2.50. The first-order chi connectivity index (χ1) is 9.02. The van der Waals surface area contributed by atoms with E-state index in [1.807, 2.05) is 6.92 Å². The van der Waals surface area contributed by atoms with E-state index in [2.05, 4.69) is 47.0 Å². The Morgan fingerprint density at radius 2 is 2.16 bits per heavy atom. The smallest absolute Gasteiger partial charge is 0.132 e. The molecule has 104 valence electrons. The van der Waals surface area contributed by atoms with Gasteiger partial charge in [-0.1, -0.05) is 6.92 Å². The maximum atomic E-state index is 4.68. The fourth-order valence-corrected chi connectivity index (χ4v) is 3.74. The Balaban J connectivity index is 1.96. The van der Waals surface area contributed by atoms with E-state index in [0.29, 0.717) is 0 Å². The summed E-state index contributed by atoms with van der Waals surface area (Å²) in [5.41, 5.74) is 1.33. The van der Waals surface area contributed by atoms with Gasteiger partial charge in [-0.2, -0.15) is 0 Å². The average molecular weight is 260 g/mol. The molecule has 1 N–H and O–H groups in total. The fourth-order valence-electron chi connectivity index (χ4n) is 3.74. The zero-order chi connectivity index (χ0) is 13.6. The Kier molecular flexibility index (Phi) is 3.01. The molecule has 19 heavy (non-hydrogen) atoms. The number of aryl methyl sites for hydroxylation is 2. The molecule has 2 aliphatic heterocycles. The molecule has 0 spiro atoms. The predicted octanol–water partition coefficient (Wildman–Crippen LogP) is 1.78. The molecule has 0 bridgehead atoms. The molecule has 0 aliphatic carbocycles. The monoisotopic (exact) mass is 260 g/mol. The lowest BCUT2D eigenvalue weighted by Gasteiger charge is -2.36. The third-order valence-electron chi connectivity index (χ3n) is 4.88. The minimum atomic E-state index is 0.181. The average Bonchev–Trinajstić information content (AvgIpc) is 2.91. The van der Waals surface area contributed by atoms with E-state index >= 15 is 0 Å². The van der Waals surface area contributed by atoms with Crippen LogP contribution < -0.4 is 10.2 Å². The van der Waals surface area contributed by atoms with Crippen molar-refractivity contribution in [3.63, 3.8) is 0 Å². The second-order valence-corrected chi connectivity index (χ2v) is 6.41. The molecule has 0 saturated carbocycles.